The van der Waals surface area contributed by atoms with Crippen LogP contribution in [-0.2, 0) is 17.8 Å². The molecule has 124 valence electrons. The number of hydrogen-bond donors (Lipinski definition) is 2. The van der Waals surface area contributed by atoms with Crippen LogP contribution in [0.25, 0.3) is 0 Å². The minimum absolute atomic E-state index is 0.141. The van der Waals surface area contributed by atoms with Gasteiger partial charge in [0.2, 0.25) is 5.91 Å². The number of benzene rings is 1. The number of H-pyrrole nitrogens is 1. The zero-order chi connectivity index (χ0) is 17.0. The van der Waals surface area contributed by atoms with Crippen LogP contribution in [0.3, 0.4) is 0 Å². The molecular weight excluding hydrogens is 326 g/mol. The number of aryl methyl sites for hydroxylation is 1. The van der Waals surface area contributed by atoms with Crippen LogP contribution < -0.4 is 10.1 Å². The van der Waals surface area contributed by atoms with Crippen molar-refractivity contribution in [3.8, 4) is 5.75 Å². The molecule has 0 bridgehead atoms. The molecule has 0 atom stereocenters. The number of carbonyl (C=O) groups is 1. The summed E-state index contributed by atoms with van der Waals surface area (Å²) in [6, 6.07) is 1.74. The van der Waals surface area contributed by atoms with Crippen molar-refractivity contribution in [1.29, 1.82) is 0 Å². The number of rotatable bonds is 6. The lowest BCUT2D eigenvalue weighted by molar-refractivity contribution is -0.116. The van der Waals surface area contributed by atoms with Crippen molar-refractivity contribution in [2.24, 2.45) is 0 Å². The molecule has 2 aromatic rings. The summed E-state index contributed by atoms with van der Waals surface area (Å²) >= 11 is 5.06. The Morgan fingerprint density at radius 2 is 2.17 bits per heavy atom. The molecule has 0 aliphatic carbocycles. The van der Waals surface area contributed by atoms with Crippen LogP contribution in [0.5, 0.6) is 5.75 Å². The van der Waals surface area contributed by atoms with Crippen LogP contribution in [-0.4, -0.2) is 27.8 Å². The van der Waals surface area contributed by atoms with E-state index in [2.05, 4.69) is 20.3 Å². The van der Waals surface area contributed by atoms with Crippen molar-refractivity contribution in [1.82, 2.24) is 14.8 Å². The summed E-state index contributed by atoms with van der Waals surface area (Å²) in [5.74, 6) is -1.70. The van der Waals surface area contributed by atoms with E-state index in [0.29, 0.717) is 17.0 Å². The van der Waals surface area contributed by atoms with E-state index in [-0.39, 0.29) is 18.0 Å². The Hall–Kier alpha value is -2.29. The number of nitrogens with zero attached hydrogens (tertiary/aromatic N) is 2. The summed E-state index contributed by atoms with van der Waals surface area (Å²) in [7, 11) is 1.23. The number of carbonyl (C=O) groups excluding carboxylic acids is 1. The summed E-state index contributed by atoms with van der Waals surface area (Å²) in [6.07, 6.45) is 1.48. The summed E-state index contributed by atoms with van der Waals surface area (Å²) in [6.45, 7) is 1.83. The van der Waals surface area contributed by atoms with Crippen LogP contribution in [0.15, 0.2) is 12.1 Å². The molecule has 1 aromatic carbocycles. The third-order valence-corrected chi connectivity index (χ3v) is 3.44. The number of methoxy groups -OCH3 is 1. The van der Waals surface area contributed by atoms with Crippen LogP contribution >= 0.6 is 12.2 Å². The summed E-state index contributed by atoms with van der Waals surface area (Å²) < 4.78 is 33.9. The first kappa shape index (κ1) is 17.1. The molecule has 0 fully saturated rings. The molecule has 0 unspecified atom stereocenters. The molecular formula is C14H16F2N4O2S. The minimum Gasteiger partial charge on any atom is -0.494 e. The van der Waals surface area contributed by atoms with E-state index in [0.717, 1.165) is 18.6 Å². The molecule has 23 heavy (non-hydrogen) atoms. The molecule has 2 rings (SSSR count). The molecule has 0 saturated carbocycles. The van der Waals surface area contributed by atoms with Crippen LogP contribution in [0.4, 0.5) is 14.5 Å². The van der Waals surface area contributed by atoms with Gasteiger partial charge in [-0.25, -0.2) is 8.78 Å². The number of aromatic nitrogens is 3. The maximum atomic E-state index is 13.8. The molecule has 0 radical (unpaired) electrons. The first-order valence-electron chi connectivity index (χ1n) is 6.93. The number of ether oxygens (including phenoxy) is 1. The third-order valence-electron chi connectivity index (χ3n) is 3.13. The van der Waals surface area contributed by atoms with Gasteiger partial charge in [-0.05, 0) is 18.6 Å². The maximum absolute atomic E-state index is 13.8. The van der Waals surface area contributed by atoms with E-state index < -0.39 is 17.5 Å². The molecule has 0 spiro atoms. The van der Waals surface area contributed by atoms with Gasteiger partial charge in [0.1, 0.15) is 12.4 Å². The number of anilines is 1. The lowest BCUT2D eigenvalue weighted by Crippen LogP contribution is -2.21. The average molecular weight is 342 g/mol. The van der Waals surface area contributed by atoms with E-state index >= 15 is 0 Å². The summed E-state index contributed by atoms with van der Waals surface area (Å²) in [5, 5.41) is 8.97. The Bertz CT molecular complexity index is 773. The first-order valence-corrected chi connectivity index (χ1v) is 7.34. The smallest absolute Gasteiger partial charge is 0.244 e. The predicted molar refractivity (Wildman–Crippen MR) is 82.9 cm³/mol. The lowest BCUT2D eigenvalue weighted by Gasteiger charge is -2.10. The monoisotopic (exact) mass is 342 g/mol. The molecule has 0 aliphatic rings. The van der Waals surface area contributed by atoms with Gasteiger partial charge < -0.3 is 10.1 Å². The Labute approximate surface area is 136 Å². The van der Waals surface area contributed by atoms with Gasteiger partial charge in [0.25, 0.3) is 0 Å². The van der Waals surface area contributed by atoms with Crippen LogP contribution in [0.1, 0.15) is 19.2 Å². The molecule has 6 nitrogen and oxygen atoms in total. The lowest BCUT2D eigenvalue weighted by atomic mass is 10.2. The van der Waals surface area contributed by atoms with Gasteiger partial charge in [-0.1, -0.05) is 6.92 Å². The predicted octanol–water partition coefficient (Wildman–Crippen LogP) is 2.82. The van der Waals surface area contributed by atoms with Crippen molar-refractivity contribution in [3.05, 3.63) is 34.4 Å². The summed E-state index contributed by atoms with van der Waals surface area (Å²) in [5.41, 5.74) is -0.264. The zero-order valence-corrected chi connectivity index (χ0v) is 13.5. The van der Waals surface area contributed by atoms with Gasteiger partial charge in [0, 0.05) is 18.6 Å². The van der Waals surface area contributed by atoms with Gasteiger partial charge in [0.05, 0.1) is 12.8 Å². The van der Waals surface area contributed by atoms with E-state index in [1.807, 2.05) is 6.92 Å². The minimum atomic E-state index is -0.791. The van der Waals surface area contributed by atoms with Crippen molar-refractivity contribution >= 4 is 23.8 Å². The van der Waals surface area contributed by atoms with Crippen molar-refractivity contribution in [2.45, 2.75) is 26.3 Å². The highest BCUT2D eigenvalue weighted by atomic mass is 32.1. The summed E-state index contributed by atoms with van der Waals surface area (Å²) in [4.78, 5) is 12.1. The Morgan fingerprint density at radius 3 is 2.83 bits per heavy atom. The fraction of sp³-hybridized carbons (Fsp3) is 0.357. The Morgan fingerprint density at radius 1 is 1.43 bits per heavy atom. The zero-order valence-electron chi connectivity index (χ0n) is 12.7. The molecule has 2 N–H and O–H groups in total. The fourth-order valence-corrected chi connectivity index (χ4v) is 2.26. The van der Waals surface area contributed by atoms with Crippen molar-refractivity contribution in [2.75, 3.05) is 12.4 Å². The highest BCUT2D eigenvalue weighted by molar-refractivity contribution is 7.71. The Balaban J connectivity index is 2.16. The molecule has 0 aliphatic heterocycles. The van der Waals surface area contributed by atoms with E-state index in [1.54, 1.807) is 0 Å². The molecule has 1 amide bonds. The normalized spacial score (nSPS) is 10.6. The topological polar surface area (TPSA) is 71.9 Å². The van der Waals surface area contributed by atoms with Crippen LogP contribution in [0.2, 0.25) is 0 Å². The van der Waals surface area contributed by atoms with Crippen LogP contribution in [0, 0.1) is 16.4 Å². The quantitative estimate of drug-likeness (QED) is 0.792. The van der Waals surface area contributed by atoms with E-state index in [1.165, 1.54) is 11.7 Å². The van der Waals surface area contributed by atoms with E-state index in [9.17, 15) is 13.6 Å². The second kappa shape index (κ2) is 7.32. The first-order chi connectivity index (χ1) is 11.0. The SMILES string of the molecule is CCCc1n[nH]c(=S)n1CC(=O)Nc1cc(F)c(OC)cc1F. The van der Waals surface area contributed by atoms with Crippen molar-refractivity contribution in [3.63, 3.8) is 0 Å². The second-order valence-corrected chi connectivity index (χ2v) is 5.18. The van der Waals surface area contributed by atoms with Gasteiger partial charge >= 0.3 is 0 Å². The van der Waals surface area contributed by atoms with Crippen molar-refractivity contribution < 1.29 is 18.3 Å². The number of hydrogen-bond acceptors (Lipinski definition) is 4. The third kappa shape index (κ3) is 3.92. The number of nitrogens with one attached hydrogen (secondary N) is 2. The highest BCUT2D eigenvalue weighted by Gasteiger charge is 2.15. The largest absolute Gasteiger partial charge is 0.494 e. The van der Waals surface area contributed by atoms with Gasteiger partial charge in [0.15, 0.2) is 22.2 Å². The highest BCUT2D eigenvalue weighted by Crippen LogP contribution is 2.24. The molecule has 9 heteroatoms. The standard InChI is InChI=1S/C14H16F2N4O2S/c1-3-4-12-18-19-14(23)20(12)7-13(21)17-10-5-9(16)11(22-2)6-8(10)15/h5-6H,3-4,7H2,1-2H3,(H,17,21)(H,19,23). The fourth-order valence-electron chi connectivity index (χ4n) is 2.04. The number of aromatic amines is 1. The van der Waals surface area contributed by atoms with Gasteiger partial charge in [-0.15, -0.1) is 0 Å². The Kier molecular flexibility index (Phi) is 5.43. The molecule has 0 saturated heterocycles. The number of amides is 1. The molecule has 1 heterocycles. The average Bonchev–Trinajstić information content (AvgIpc) is 2.84. The maximum Gasteiger partial charge on any atom is 0.244 e. The van der Waals surface area contributed by atoms with Gasteiger partial charge in [-0.3, -0.25) is 14.5 Å². The number of halogens is 2. The van der Waals surface area contributed by atoms with Gasteiger partial charge in [-0.2, -0.15) is 5.10 Å². The van der Waals surface area contributed by atoms with E-state index in [4.69, 9.17) is 12.2 Å². The molecule has 1 aromatic heterocycles. The second-order valence-electron chi connectivity index (χ2n) is 4.80.